The zero-order valence-corrected chi connectivity index (χ0v) is 42.6. The molecule has 0 aliphatic heterocycles. The van der Waals surface area contributed by atoms with E-state index in [1.807, 2.05) is 6.07 Å². The second-order valence-corrected chi connectivity index (χ2v) is 16.6. The molecule has 0 fully saturated rings. The number of nitrogen functional groups attached to an aromatic ring is 1. The molecule has 4 aromatic carbocycles. The highest BCUT2D eigenvalue weighted by Crippen LogP contribution is 2.32. The zero-order valence-electron chi connectivity index (χ0n) is 41.9. The highest BCUT2D eigenvalue weighted by Gasteiger charge is 2.32. The Bertz CT molecular complexity index is 3700. The molecule has 9 rings (SSSR count). The van der Waals surface area contributed by atoms with Gasteiger partial charge in [-0.1, -0.05) is 53.2 Å². The number of nitrogens with two attached hydrogens (primary N) is 1. The Hall–Kier alpha value is -10.0. The van der Waals surface area contributed by atoms with Crippen molar-refractivity contribution in [1.82, 2.24) is 50.0 Å². The van der Waals surface area contributed by atoms with E-state index in [-0.39, 0.29) is 53.0 Å². The van der Waals surface area contributed by atoms with Crippen LogP contribution < -0.4 is 11.5 Å². The van der Waals surface area contributed by atoms with Crippen molar-refractivity contribution in [2.75, 3.05) is 12.3 Å². The van der Waals surface area contributed by atoms with Crippen LogP contribution in [0.25, 0.3) is 11.5 Å². The summed E-state index contributed by atoms with van der Waals surface area (Å²) in [7, 11) is 0. The van der Waals surface area contributed by atoms with Crippen LogP contribution >= 0.6 is 11.6 Å². The number of halogens is 13. The number of nitriles is 2. The molecule has 17 nitrogen and oxygen atoms in total. The third-order valence-corrected chi connectivity index (χ3v) is 10.8. The maximum absolute atomic E-state index is 12.6. The average molecular weight is 1180 g/mol. The maximum atomic E-state index is 12.6. The number of aliphatic hydroxyl groups excluding tert-OH is 1. The van der Waals surface area contributed by atoms with E-state index in [0.717, 1.165) is 48.5 Å². The van der Waals surface area contributed by atoms with E-state index in [0.29, 0.717) is 45.2 Å². The monoisotopic (exact) mass is 1180 g/mol. The van der Waals surface area contributed by atoms with Crippen LogP contribution in [-0.4, -0.2) is 67.4 Å². The molecule has 0 amide bonds. The van der Waals surface area contributed by atoms with Gasteiger partial charge in [0.2, 0.25) is 5.82 Å². The second kappa shape index (κ2) is 28.9. The van der Waals surface area contributed by atoms with Gasteiger partial charge in [-0.3, -0.25) is 29.4 Å². The summed E-state index contributed by atoms with van der Waals surface area (Å²) >= 11 is 5.43. The third kappa shape index (κ3) is 19.9. The molecule has 0 spiro atoms. The molecule has 30 heteroatoms. The first-order chi connectivity index (χ1) is 39.2. The third-order valence-electron chi connectivity index (χ3n) is 10.5. The number of hydrogen-bond donors (Lipinski definition) is 4. The lowest BCUT2D eigenvalue weighted by Gasteiger charge is -2.09. The van der Waals surface area contributed by atoms with Crippen LogP contribution in [0.15, 0.2) is 156 Å². The largest absolute Gasteiger partial charge is 0.439 e. The Kier molecular flexibility index (Phi) is 22.3. The number of anilines is 1. The van der Waals surface area contributed by atoms with Crippen LogP contribution in [0.3, 0.4) is 0 Å². The molecule has 5 N–H and O–H groups in total. The summed E-state index contributed by atoms with van der Waals surface area (Å²) in [5.41, 5.74) is 6.78. The number of rotatable bonds is 9. The van der Waals surface area contributed by atoms with Crippen molar-refractivity contribution < 1.29 is 62.3 Å². The Morgan fingerprint density at radius 2 is 0.892 bits per heavy atom. The number of alkyl halides is 12. The fraction of sp³-hybridized carbons (Fsp3) is 0.151. The average Bonchev–Trinajstić information content (AvgIpc) is 3.90. The molecule has 9 aromatic rings. The van der Waals surface area contributed by atoms with Crippen molar-refractivity contribution in [3.63, 3.8) is 0 Å². The molecule has 5 aromatic heterocycles. The van der Waals surface area contributed by atoms with Crippen LogP contribution in [0.2, 0.25) is 5.15 Å². The van der Waals surface area contributed by atoms with Gasteiger partial charge in [-0.05, 0) is 77.4 Å². The number of aromatic nitrogens is 10. The predicted molar refractivity (Wildman–Crippen MR) is 271 cm³/mol. The van der Waals surface area contributed by atoms with Gasteiger partial charge in [0, 0.05) is 74.5 Å². The molecule has 0 unspecified atom stereocenters. The molecule has 0 bridgehead atoms. The lowest BCUT2D eigenvalue weighted by molar-refractivity contribution is -0.138. The summed E-state index contributed by atoms with van der Waals surface area (Å²) in [6.45, 7) is -0.474. The van der Waals surface area contributed by atoms with Gasteiger partial charge < -0.3 is 16.2 Å². The zero-order chi connectivity index (χ0) is 61.0. The number of benzene rings is 4. The summed E-state index contributed by atoms with van der Waals surface area (Å²) in [6, 6.07) is 22.3. The van der Waals surface area contributed by atoms with E-state index >= 15 is 0 Å². The van der Waals surface area contributed by atoms with Crippen molar-refractivity contribution in [1.29, 1.82) is 15.9 Å². The molecule has 0 atom stereocenters. The van der Waals surface area contributed by atoms with Crippen molar-refractivity contribution in [3.05, 3.63) is 235 Å². The summed E-state index contributed by atoms with van der Waals surface area (Å²) in [6.07, 6.45) is -5.22. The molecule has 428 valence electrons. The van der Waals surface area contributed by atoms with Crippen LogP contribution in [-0.2, 0) is 44.0 Å². The highest BCUT2D eigenvalue weighted by molar-refractivity contribution is 6.30. The first-order valence-corrected chi connectivity index (χ1v) is 23.4. The lowest BCUT2D eigenvalue weighted by atomic mass is 10.0. The minimum Gasteiger partial charge on any atom is -0.399 e. The number of aliphatic hydroxyl groups is 1. The van der Waals surface area contributed by atoms with E-state index in [9.17, 15) is 57.5 Å². The van der Waals surface area contributed by atoms with Crippen molar-refractivity contribution in [2.24, 2.45) is 0 Å². The molecule has 0 aliphatic carbocycles. The van der Waals surface area contributed by atoms with Gasteiger partial charge in [-0.25, -0.2) is 24.7 Å². The fourth-order valence-corrected chi connectivity index (χ4v) is 6.67. The van der Waals surface area contributed by atoms with E-state index in [1.165, 1.54) is 98.1 Å². The van der Waals surface area contributed by atoms with Crippen molar-refractivity contribution in [3.8, 4) is 23.7 Å². The summed E-state index contributed by atoms with van der Waals surface area (Å²) in [4.78, 5) is 44.8. The van der Waals surface area contributed by atoms with Gasteiger partial charge in [-0.2, -0.15) is 63.2 Å². The van der Waals surface area contributed by atoms with Crippen LogP contribution in [0.1, 0.15) is 73.1 Å². The SMILES string of the molecule is N#Cc1nccnc1Cc1ccc(C(F)(F)F)cc1.N#Cc1nccnc1Cl.N=C(CO)c1nccnc1Cc1ccc(C(F)(F)F)cc1.Nc1ccc(C(F)(F)F)cc1.O=c1[nH]c(-c2nccnc2Cc2ccc(C(F)(F)F)cc2)no1. The van der Waals surface area contributed by atoms with Gasteiger partial charge in [-0.15, -0.1) is 0 Å². The van der Waals surface area contributed by atoms with Crippen molar-refractivity contribution >= 4 is 23.0 Å². The van der Waals surface area contributed by atoms with E-state index in [1.54, 1.807) is 6.07 Å². The molecule has 0 saturated heterocycles. The number of H-pyrrole nitrogens is 1. The van der Waals surface area contributed by atoms with Crippen LogP contribution in [0.5, 0.6) is 0 Å². The second-order valence-electron chi connectivity index (χ2n) is 16.3. The predicted octanol–water partition coefficient (Wildman–Crippen LogP) is 11.1. The maximum Gasteiger partial charge on any atom is 0.439 e. The number of hydrogen-bond acceptors (Lipinski definition) is 16. The van der Waals surface area contributed by atoms with Gasteiger partial charge in [0.25, 0.3) is 0 Å². The summed E-state index contributed by atoms with van der Waals surface area (Å²) in [5, 5.41) is 37.4. The van der Waals surface area contributed by atoms with E-state index in [2.05, 4.69) is 54.5 Å². The molecule has 0 aliphatic rings. The van der Waals surface area contributed by atoms with Gasteiger partial charge >= 0.3 is 30.5 Å². The van der Waals surface area contributed by atoms with Gasteiger partial charge in [0.15, 0.2) is 16.5 Å². The highest BCUT2D eigenvalue weighted by atomic mass is 35.5. The normalized spacial score (nSPS) is 11.1. The quantitative estimate of drug-likeness (QED) is 0.0594. The minimum absolute atomic E-state index is 0.0787. The Labute approximate surface area is 465 Å². The minimum atomic E-state index is -4.38. The molecule has 0 saturated carbocycles. The van der Waals surface area contributed by atoms with E-state index in [4.69, 9.17) is 38.4 Å². The van der Waals surface area contributed by atoms with Crippen molar-refractivity contribution in [2.45, 2.75) is 44.0 Å². The molecule has 5 heterocycles. The molecule has 83 heavy (non-hydrogen) atoms. The lowest BCUT2D eigenvalue weighted by Crippen LogP contribution is -2.12. The first-order valence-electron chi connectivity index (χ1n) is 23.0. The first kappa shape index (κ1) is 63.8. The summed E-state index contributed by atoms with van der Waals surface area (Å²) < 4.78 is 152. The van der Waals surface area contributed by atoms with Crippen LogP contribution in [0, 0.1) is 28.1 Å². The van der Waals surface area contributed by atoms with Crippen LogP contribution in [0.4, 0.5) is 58.4 Å². The Morgan fingerprint density at radius 3 is 1.29 bits per heavy atom. The Morgan fingerprint density at radius 1 is 0.530 bits per heavy atom. The fourth-order valence-electron chi connectivity index (χ4n) is 6.52. The number of nitrogens with zero attached hydrogens (tertiary/aromatic N) is 11. The van der Waals surface area contributed by atoms with Gasteiger partial charge in [0.05, 0.1) is 51.7 Å². The smallest absolute Gasteiger partial charge is 0.399 e. The topological polar surface area (TPSA) is 280 Å². The molecular formula is C53H37ClF12N14O3. The van der Waals surface area contributed by atoms with E-state index < -0.39 is 59.3 Å². The summed E-state index contributed by atoms with van der Waals surface area (Å²) in [5.74, 6) is -0.615. The molecular weight excluding hydrogens is 1140 g/mol. The Balaban J connectivity index is 0.000000197. The number of nitrogens with one attached hydrogen (secondary N) is 2. The van der Waals surface area contributed by atoms with Gasteiger partial charge in [0.1, 0.15) is 23.5 Å². The molecule has 0 radical (unpaired) electrons. The standard InChI is InChI=1S/C14H9F3N4O2.C14H12F3N3O.C13H8F3N3.C7H6F3N.C5H2ClN3/c15-14(16,17)9-3-1-8(2-4-9)7-10-11(19-6-5-18-10)12-20-13(22)23-21-12;15-14(16,17)10-3-1-9(2-4-10)7-12-13(11(18)8-21)20-6-5-19-12;14-13(15,16)10-3-1-9(2-4-10)7-11-12(8-17)19-6-5-18-11;8-7(9,10)5-1-3-6(11)4-2-5;6-5-4(3-7)8-1-2-9-5/h1-6H,7H2,(H,20,21,22);1-6,18,21H,7-8H2;1-6H,7H2;1-4H,11H2;1-2H. The number of aromatic amines is 1.